The molecule has 3 rings (SSSR count). The van der Waals surface area contributed by atoms with Crippen molar-refractivity contribution in [3.05, 3.63) is 53.9 Å². The van der Waals surface area contributed by atoms with Crippen LogP contribution in [0.25, 0.3) is 0 Å². The number of nitrogens with one attached hydrogen (secondary N) is 2. The maximum absolute atomic E-state index is 5.65. The first-order valence-electron chi connectivity index (χ1n) is 8.95. The summed E-state index contributed by atoms with van der Waals surface area (Å²) in [5.74, 6) is 0.826. The van der Waals surface area contributed by atoms with Gasteiger partial charge in [-0.05, 0) is 36.5 Å². The van der Waals surface area contributed by atoms with E-state index in [1.807, 2.05) is 16.9 Å². The predicted octanol–water partition coefficient (Wildman–Crippen LogP) is 2.78. The van der Waals surface area contributed by atoms with Crippen LogP contribution in [0.1, 0.15) is 30.4 Å². The minimum atomic E-state index is 0. The van der Waals surface area contributed by atoms with Crippen molar-refractivity contribution in [2.45, 2.75) is 38.5 Å². The summed E-state index contributed by atoms with van der Waals surface area (Å²) >= 11 is 0. The molecule has 2 aromatic rings. The van der Waals surface area contributed by atoms with Gasteiger partial charge in [-0.3, -0.25) is 9.67 Å². The van der Waals surface area contributed by atoms with Gasteiger partial charge in [0.05, 0.1) is 12.6 Å². The van der Waals surface area contributed by atoms with Gasteiger partial charge >= 0.3 is 0 Å². The van der Waals surface area contributed by atoms with E-state index >= 15 is 0 Å². The van der Waals surface area contributed by atoms with Crippen molar-refractivity contribution < 1.29 is 4.74 Å². The Kier molecular flexibility index (Phi) is 8.90. The lowest BCUT2D eigenvalue weighted by molar-refractivity contribution is 0.105. The fourth-order valence-corrected chi connectivity index (χ4v) is 3.08. The second-order valence-electron chi connectivity index (χ2n) is 6.25. The van der Waals surface area contributed by atoms with Crippen LogP contribution in [0.3, 0.4) is 0 Å². The summed E-state index contributed by atoms with van der Waals surface area (Å²) in [6.07, 6.45) is 7.58. The standard InChI is InChI=1S/C19H27N5O.HI/c1-20-19(21-11-9-18-8-4-13-25-18)22-14-16-6-2-3-7-17(16)15-24-12-5-10-23-24;/h2-3,5-7,10,12,18H,4,8-9,11,13-15H2,1H3,(H2,20,21,22);1H. The molecule has 1 aliphatic rings. The second-order valence-corrected chi connectivity index (χ2v) is 6.25. The van der Waals surface area contributed by atoms with Crippen molar-refractivity contribution in [1.29, 1.82) is 0 Å². The zero-order valence-electron chi connectivity index (χ0n) is 15.2. The number of aliphatic imine (C=N–C) groups is 1. The van der Waals surface area contributed by atoms with Crippen LogP contribution in [0, 0.1) is 0 Å². The van der Waals surface area contributed by atoms with E-state index in [4.69, 9.17) is 4.74 Å². The largest absolute Gasteiger partial charge is 0.378 e. The molecule has 0 saturated carbocycles. The van der Waals surface area contributed by atoms with Crippen LogP contribution >= 0.6 is 24.0 Å². The van der Waals surface area contributed by atoms with E-state index in [1.54, 1.807) is 13.2 Å². The minimum Gasteiger partial charge on any atom is -0.378 e. The first kappa shape index (κ1) is 20.7. The molecule has 1 atom stereocenters. The molecule has 142 valence electrons. The SMILES string of the molecule is CN=C(NCCC1CCCO1)NCc1ccccc1Cn1cccn1.I. The normalized spacial score (nSPS) is 17.0. The Bertz CT molecular complexity index is 668. The highest BCUT2D eigenvalue weighted by atomic mass is 127. The summed E-state index contributed by atoms with van der Waals surface area (Å²) in [4.78, 5) is 4.31. The molecule has 6 nitrogen and oxygen atoms in total. The van der Waals surface area contributed by atoms with Crippen molar-refractivity contribution in [2.75, 3.05) is 20.2 Å². The maximum Gasteiger partial charge on any atom is 0.191 e. The Hall–Kier alpha value is -1.61. The van der Waals surface area contributed by atoms with E-state index in [2.05, 4.69) is 45.0 Å². The Balaban J connectivity index is 0.00000243. The van der Waals surface area contributed by atoms with Gasteiger partial charge in [0.15, 0.2) is 5.96 Å². The number of hydrogen-bond donors (Lipinski definition) is 2. The summed E-state index contributed by atoms with van der Waals surface area (Å²) in [5, 5.41) is 11.1. The monoisotopic (exact) mass is 469 g/mol. The average Bonchev–Trinajstić information content (AvgIpc) is 3.33. The number of ether oxygens (including phenoxy) is 1. The molecule has 1 unspecified atom stereocenters. The topological polar surface area (TPSA) is 63.5 Å². The summed E-state index contributed by atoms with van der Waals surface area (Å²) in [5.41, 5.74) is 2.51. The van der Waals surface area contributed by atoms with Crippen LogP contribution < -0.4 is 10.6 Å². The highest BCUT2D eigenvalue weighted by Gasteiger charge is 2.14. The molecule has 0 radical (unpaired) electrons. The van der Waals surface area contributed by atoms with Gasteiger partial charge in [-0.15, -0.1) is 24.0 Å². The zero-order chi connectivity index (χ0) is 17.3. The third-order valence-corrected chi connectivity index (χ3v) is 4.46. The number of benzene rings is 1. The molecule has 26 heavy (non-hydrogen) atoms. The van der Waals surface area contributed by atoms with Crippen LogP contribution in [-0.4, -0.2) is 42.0 Å². The van der Waals surface area contributed by atoms with E-state index < -0.39 is 0 Å². The van der Waals surface area contributed by atoms with Crippen LogP contribution in [0.2, 0.25) is 0 Å². The molecule has 2 heterocycles. The fraction of sp³-hybridized carbons (Fsp3) is 0.474. The van der Waals surface area contributed by atoms with E-state index in [0.717, 1.165) is 38.6 Å². The van der Waals surface area contributed by atoms with Crippen LogP contribution in [0.15, 0.2) is 47.7 Å². The molecule has 2 N–H and O–H groups in total. The van der Waals surface area contributed by atoms with Crippen molar-refractivity contribution in [2.24, 2.45) is 4.99 Å². The van der Waals surface area contributed by atoms with Crippen LogP contribution in [0.5, 0.6) is 0 Å². The summed E-state index contributed by atoms with van der Waals surface area (Å²) in [6, 6.07) is 10.4. The number of guanidine groups is 1. The number of nitrogens with zero attached hydrogens (tertiary/aromatic N) is 3. The van der Waals surface area contributed by atoms with Gasteiger partial charge in [0, 0.05) is 39.1 Å². The van der Waals surface area contributed by atoms with Gasteiger partial charge in [-0.1, -0.05) is 24.3 Å². The van der Waals surface area contributed by atoms with Gasteiger partial charge in [-0.2, -0.15) is 5.10 Å². The summed E-state index contributed by atoms with van der Waals surface area (Å²) < 4.78 is 7.59. The second kappa shape index (κ2) is 11.2. The lowest BCUT2D eigenvalue weighted by Gasteiger charge is -2.15. The number of aromatic nitrogens is 2. The Morgan fingerprint density at radius 2 is 2.12 bits per heavy atom. The van der Waals surface area contributed by atoms with Crippen LogP contribution in [0.4, 0.5) is 0 Å². The number of rotatable bonds is 7. The molecule has 7 heteroatoms. The highest BCUT2D eigenvalue weighted by Crippen LogP contribution is 2.14. The zero-order valence-corrected chi connectivity index (χ0v) is 17.6. The fourth-order valence-electron chi connectivity index (χ4n) is 3.08. The van der Waals surface area contributed by atoms with Crippen LogP contribution in [-0.2, 0) is 17.8 Å². The van der Waals surface area contributed by atoms with Crippen molar-refractivity contribution >= 4 is 29.9 Å². The smallest absolute Gasteiger partial charge is 0.191 e. The van der Waals surface area contributed by atoms with E-state index in [0.29, 0.717) is 6.10 Å². The molecule has 0 bridgehead atoms. The molecule has 1 aromatic heterocycles. The Labute approximate surface area is 172 Å². The molecule has 0 amide bonds. The molecular formula is C19H28IN5O. The highest BCUT2D eigenvalue weighted by molar-refractivity contribution is 14.0. The van der Waals surface area contributed by atoms with E-state index in [9.17, 15) is 0 Å². The van der Waals surface area contributed by atoms with Crippen molar-refractivity contribution in [3.8, 4) is 0 Å². The van der Waals surface area contributed by atoms with E-state index in [-0.39, 0.29) is 24.0 Å². The quantitative estimate of drug-likeness (QED) is 0.372. The molecule has 0 spiro atoms. The number of halogens is 1. The molecule has 0 aliphatic carbocycles. The lowest BCUT2D eigenvalue weighted by atomic mass is 10.1. The molecular weight excluding hydrogens is 441 g/mol. The van der Waals surface area contributed by atoms with Crippen molar-refractivity contribution in [1.82, 2.24) is 20.4 Å². The Morgan fingerprint density at radius 1 is 1.27 bits per heavy atom. The molecule has 1 fully saturated rings. The van der Waals surface area contributed by atoms with E-state index in [1.165, 1.54) is 24.0 Å². The third kappa shape index (κ3) is 6.28. The lowest BCUT2D eigenvalue weighted by Crippen LogP contribution is -2.38. The summed E-state index contributed by atoms with van der Waals surface area (Å²) in [6.45, 7) is 3.29. The number of hydrogen-bond acceptors (Lipinski definition) is 3. The van der Waals surface area contributed by atoms with Gasteiger partial charge in [0.25, 0.3) is 0 Å². The first-order chi connectivity index (χ1) is 12.3. The molecule has 1 aliphatic heterocycles. The minimum absolute atomic E-state index is 0. The molecule has 1 aromatic carbocycles. The maximum atomic E-state index is 5.65. The van der Waals surface area contributed by atoms with Gasteiger partial charge in [-0.25, -0.2) is 0 Å². The van der Waals surface area contributed by atoms with Gasteiger partial charge in [0.1, 0.15) is 0 Å². The first-order valence-corrected chi connectivity index (χ1v) is 8.95. The predicted molar refractivity (Wildman–Crippen MR) is 115 cm³/mol. The van der Waals surface area contributed by atoms with Gasteiger partial charge in [0.2, 0.25) is 0 Å². The Morgan fingerprint density at radius 3 is 2.81 bits per heavy atom. The van der Waals surface area contributed by atoms with Crippen molar-refractivity contribution in [3.63, 3.8) is 0 Å². The third-order valence-electron chi connectivity index (χ3n) is 4.46. The molecule has 1 saturated heterocycles. The average molecular weight is 469 g/mol. The summed E-state index contributed by atoms with van der Waals surface area (Å²) in [7, 11) is 1.80. The van der Waals surface area contributed by atoms with Gasteiger partial charge < -0.3 is 15.4 Å².